The van der Waals surface area contributed by atoms with Crippen molar-refractivity contribution in [3.8, 4) is 5.75 Å². The minimum atomic E-state index is -0.448. The number of carbonyl (C=O) groups is 1. The Morgan fingerprint density at radius 2 is 1.90 bits per heavy atom. The molecule has 9 heteroatoms. The standard InChI is InChI=1S/C30H32FN3O4S/c1-2-3-4-7-16-38-29-24(35)13-14-33-28(29)30(36)32-15-17-37-18-26(32)34(33)27-20-10-8-11-23(31)22(20)19-39-25-12-6-5-9-21(25)27/h5-6,8-14,26-27H,2-4,7,15-19H2,1H3/t26-,27?/m1/s1. The van der Waals surface area contributed by atoms with E-state index in [1.165, 1.54) is 12.1 Å². The van der Waals surface area contributed by atoms with Gasteiger partial charge in [0.25, 0.3) is 5.91 Å². The lowest BCUT2D eigenvalue weighted by atomic mass is 9.93. The van der Waals surface area contributed by atoms with Crippen LogP contribution in [-0.2, 0) is 10.5 Å². The summed E-state index contributed by atoms with van der Waals surface area (Å²) in [5, 5.41) is 2.07. The number of morpholine rings is 1. The number of unbranched alkanes of at least 4 members (excludes halogenated alkanes) is 3. The third-order valence-corrected chi connectivity index (χ3v) is 8.82. The zero-order chi connectivity index (χ0) is 26.9. The van der Waals surface area contributed by atoms with Gasteiger partial charge in [-0.25, -0.2) is 4.39 Å². The van der Waals surface area contributed by atoms with E-state index in [1.807, 2.05) is 18.2 Å². The molecule has 0 spiro atoms. The minimum Gasteiger partial charge on any atom is -0.487 e. The molecule has 1 aromatic heterocycles. The van der Waals surface area contributed by atoms with Gasteiger partial charge in [-0.2, -0.15) is 0 Å². The van der Waals surface area contributed by atoms with E-state index < -0.39 is 12.2 Å². The molecule has 0 radical (unpaired) electrons. The number of pyridine rings is 1. The quantitative estimate of drug-likeness (QED) is 0.383. The molecule has 2 aromatic carbocycles. The van der Waals surface area contributed by atoms with Gasteiger partial charge in [-0.3, -0.25) is 19.3 Å². The molecule has 2 atom stereocenters. The van der Waals surface area contributed by atoms with E-state index >= 15 is 4.39 Å². The molecule has 6 rings (SSSR count). The Bertz CT molecular complexity index is 1440. The van der Waals surface area contributed by atoms with Crippen LogP contribution < -0.4 is 15.2 Å². The number of amides is 1. The fourth-order valence-electron chi connectivity index (χ4n) is 5.79. The van der Waals surface area contributed by atoms with E-state index in [4.69, 9.17) is 9.47 Å². The second kappa shape index (κ2) is 11.1. The van der Waals surface area contributed by atoms with Crippen LogP contribution in [0.3, 0.4) is 0 Å². The molecule has 1 fully saturated rings. The van der Waals surface area contributed by atoms with Crippen LogP contribution in [0.1, 0.15) is 65.8 Å². The number of carbonyl (C=O) groups excluding carboxylic acids is 1. The lowest BCUT2D eigenvalue weighted by molar-refractivity contribution is -0.0198. The summed E-state index contributed by atoms with van der Waals surface area (Å²) in [6, 6.07) is 14.3. The highest BCUT2D eigenvalue weighted by Gasteiger charge is 2.46. The second-order valence-corrected chi connectivity index (χ2v) is 11.1. The Hall–Kier alpha value is -3.30. The van der Waals surface area contributed by atoms with Gasteiger partial charge in [-0.15, -0.1) is 11.8 Å². The maximum Gasteiger partial charge on any atom is 0.278 e. The minimum absolute atomic E-state index is 0.0738. The molecule has 7 nitrogen and oxygen atoms in total. The number of halogens is 1. The monoisotopic (exact) mass is 549 g/mol. The van der Waals surface area contributed by atoms with Gasteiger partial charge < -0.3 is 14.4 Å². The average Bonchev–Trinajstić information content (AvgIpc) is 3.12. The smallest absolute Gasteiger partial charge is 0.278 e. The van der Waals surface area contributed by atoms with Crippen molar-refractivity contribution in [3.63, 3.8) is 0 Å². The maximum absolute atomic E-state index is 15.3. The Morgan fingerprint density at radius 3 is 2.77 bits per heavy atom. The predicted molar refractivity (Wildman–Crippen MR) is 148 cm³/mol. The molecule has 1 saturated heterocycles. The van der Waals surface area contributed by atoms with Crippen LogP contribution >= 0.6 is 11.8 Å². The van der Waals surface area contributed by atoms with Crippen molar-refractivity contribution in [1.82, 2.24) is 9.58 Å². The number of aromatic nitrogens is 1. The third-order valence-electron chi connectivity index (χ3n) is 7.70. The van der Waals surface area contributed by atoms with Gasteiger partial charge in [0.15, 0.2) is 11.4 Å². The fourth-order valence-corrected chi connectivity index (χ4v) is 6.91. The average molecular weight is 550 g/mol. The number of fused-ring (bicyclic) bond motifs is 4. The van der Waals surface area contributed by atoms with E-state index in [1.54, 1.807) is 33.6 Å². The van der Waals surface area contributed by atoms with Gasteiger partial charge in [0.05, 0.1) is 25.9 Å². The molecule has 39 heavy (non-hydrogen) atoms. The Kier molecular flexibility index (Phi) is 7.36. The summed E-state index contributed by atoms with van der Waals surface area (Å²) < 4.78 is 29.0. The van der Waals surface area contributed by atoms with Gasteiger partial charge >= 0.3 is 0 Å². The van der Waals surface area contributed by atoms with Crippen molar-refractivity contribution < 1.29 is 18.7 Å². The number of benzene rings is 2. The van der Waals surface area contributed by atoms with Crippen molar-refractivity contribution in [3.05, 3.63) is 93.2 Å². The van der Waals surface area contributed by atoms with Crippen LogP contribution in [0.4, 0.5) is 4.39 Å². The normalized spacial score (nSPS) is 20.0. The van der Waals surface area contributed by atoms with Crippen LogP contribution in [-0.4, -0.2) is 48.0 Å². The number of hydrogen-bond acceptors (Lipinski definition) is 6. The Balaban J connectivity index is 1.54. The SMILES string of the molecule is CCCCCCOc1c2n(ccc1=O)N(C1c3ccccc3SCc3c(F)cccc31)[C@@H]1COCCN1C2=O. The number of ether oxygens (including phenoxy) is 2. The largest absolute Gasteiger partial charge is 0.487 e. The highest BCUT2D eigenvalue weighted by Crippen LogP contribution is 2.44. The van der Waals surface area contributed by atoms with Gasteiger partial charge in [-0.05, 0) is 29.7 Å². The highest BCUT2D eigenvalue weighted by atomic mass is 32.2. The number of thioether (sulfide) groups is 1. The fraction of sp³-hybridized carbons (Fsp3) is 0.400. The van der Waals surface area contributed by atoms with Crippen molar-refractivity contribution in [1.29, 1.82) is 0 Å². The summed E-state index contributed by atoms with van der Waals surface area (Å²) in [6.07, 6.45) is 5.18. The van der Waals surface area contributed by atoms with Crippen LogP contribution in [0.25, 0.3) is 0 Å². The summed E-state index contributed by atoms with van der Waals surface area (Å²) in [4.78, 5) is 29.8. The Morgan fingerprint density at radius 1 is 1.05 bits per heavy atom. The van der Waals surface area contributed by atoms with E-state index in [0.29, 0.717) is 37.7 Å². The first-order chi connectivity index (χ1) is 19.1. The Labute approximate surface area is 231 Å². The molecule has 0 N–H and O–H groups in total. The van der Waals surface area contributed by atoms with Crippen molar-refractivity contribution in [2.75, 3.05) is 31.4 Å². The topological polar surface area (TPSA) is 64.0 Å². The van der Waals surface area contributed by atoms with Crippen molar-refractivity contribution in [2.45, 2.75) is 55.5 Å². The maximum atomic E-state index is 15.3. The molecule has 0 saturated carbocycles. The molecule has 3 aromatic rings. The number of nitrogens with zero attached hydrogens (tertiary/aromatic N) is 3. The molecule has 3 aliphatic rings. The summed E-state index contributed by atoms with van der Waals surface area (Å²) in [5.41, 5.74) is 2.37. The second-order valence-electron chi connectivity index (χ2n) is 10.1. The summed E-state index contributed by atoms with van der Waals surface area (Å²) in [6.45, 7) is 3.59. The molecule has 1 amide bonds. The molecule has 3 aliphatic heterocycles. The first-order valence-electron chi connectivity index (χ1n) is 13.6. The van der Waals surface area contributed by atoms with Gasteiger partial charge in [0, 0.05) is 35.0 Å². The molecule has 0 bridgehead atoms. The summed E-state index contributed by atoms with van der Waals surface area (Å²) in [7, 11) is 0. The molecular formula is C30H32FN3O4S. The predicted octanol–water partition coefficient (Wildman–Crippen LogP) is 5.09. The number of hydrogen-bond donors (Lipinski definition) is 0. The van der Waals surface area contributed by atoms with Crippen molar-refractivity contribution in [2.24, 2.45) is 0 Å². The van der Waals surface area contributed by atoms with E-state index in [2.05, 4.69) is 24.1 Å². The summed E-state index contributed by atoms with van der Waals surface area (Å²) >= 11 is 1.61. The molecule has 1 unspecified atom stereocenters. The van der Waals surface area contributed by atoms with Crippen molar-refractivity contribution >= 4 is 17.7 Å². The van der Waals surface area contributed by atoms with Gasteiger partial charge in [-0.1, -0.05) is 56.5 Å². The van der Waals surface area contributed by atoms with Crippen LogP contribution in [0.2, 0.25) is 0 Å². The van der Waals surface area contributed by atoms with E-state index in [0.717, 1.165) is 41.7 Å². The highest BCUT2D eigenvalue weighted by molar-refractivity contribution is 7.98. The molecule has 4 heterocycles. The van der Waals surface area contributed by atoms with E-state index in [9.17, 15) is 9.59 Å². The first-order valence-corrected chi connectivity index (χ1v) is 14.6. The lowest BCUT2D eigenvalue weighted by Crippen LogP contribution is -2.66. The van der Waals surface area contributed by atoms with E-state index in [-0.39, 0.29) is 28.6 Å². The van der Waals surface area contributed by atoms with Gasteiger partial charge in [0.1, 0.15) is 12.0 Å². The molecule has 0 aliphatic carbocycles. The van der Waals surface area contributed by atoms with Gasteiger partial charge in [0.2, 0.25) is 5.43 Å². The van der Waals surface area contributed by atoms with Crippen LogP contribution in [0.15, 0.2) is 64.4 Å². The zero-order valence-corrected chi connectivity index (χ0v) is 22.8. The third kappa shape index (κ3) is 4.61. The number of rotatable bonds is 7. The van der Waals surface area contributed by atoms with Crippen LogP contribution in [0, 0.1) is 5.82 Å². The first kappa shape index (κ1) is 26.0. The lowest BCUT2D eigenvalue weighted by Gasteiger charge is -2.51. The summed E-state index contributed by atoms with van der Waals surface area (Å²) in [5.74, 6) is 0.0659. The molecule has 204 valence electrons. The van der Waals surface area contributed by atoms with Crippen LogP contribution in [0.5, 0.6) is 5.75 Å². The zero-order valence-electron chi connectivity index (χ0n) is 22.0. The molecular weight excluding hydrogens is 517 g/mol.